The molecule has 1 aliphatic heterocycles. The van der Waals surface area contributed by atoms with Crippen LogP contribution in [0, 0.1) is 16.7 Å². The third kappa shape index (κ3) is 1.98. The highest BCUT2D eigenvalue weighted by Gasteiger charge is 2.68. The molecule has 20 heavy (non-hydrogen) atoms. The molecule has 1 atom stereocenters. The molecule has 0 amide bonds. The van der Waals surface area contributed by atoms with E-state index in [1.807, 2.05) is 0 Å². The zero-order chi connectivity index (χ0) is 14.8. The summed E-state index contributed by atoms with van der Waals surface area (Å²) in [6, 6.07) is 1.48. The van der Waals surface area contributed by atoms with Crippen molar-refractivity contribution in [3.05, 3.63) is 0 Å². The Labute approximate surface area is 125 Å². The molecule has 0 aromatic heterocycles. The maximum Gasteiger partial charge on any atom is 0.0309 e. The fraction of sp³-hybridized carbons (Fsp3) is 1.00. The van der Waals surface area contributed by atoms with Crippen molar-refractivity contribution in [3.8, 4) is 0 Å². The summed E-state index contributed by atoms with van der Waals surface area (Å²) in [5, 5.41) is 3.95. The zero-order valence-electron chi connectivity index (χ0n) is 14.4. The Morgan fingerprint density at radius 3 is 2.00 bits per heavy atom. The molecule has 0 aromatic rings. The van der Waals surface area contributed by atoms with Crippen LogP contribution >= 0.6 is 0 Å². The van der Waals surface area contributed by atoms with E-state index in [4.69, 9.17) is 0 Å². The van der Waals surface area contributed by atoms with E-state index in [0.29, 0.717) is 22.4 Å². The number of nitrogens with zero attached hydrogens (tertiary/aromatic N) is 1. The van der Waals surface area contributed by atoms with Crippen LogP contribution in [0.4, 0.5) is 0 Å². The van der Waals surface area contributed by atoms with Gasteiger partial charge >= 0.3 is 0 Å². The molecule has 3 fully saturated rings. The quantitative estimate of drug-likeness (QED) is 0.829. The fourth-order valence-corrected chi connectivity index (χ4v) is 5.24. The van der Waals surface area contributed by atoms with Crippen LogP contribution in [0.5, 0.6) is 0 Å². The molecule has 1 saturated heterocycles. The maximum atomic E-state index is 3.95. The van der Waals surface area contributed by atoms with Gasteiger partial charge in [0.05, 0.1) is 0 Å². The number of hydrogen-bond acceptors (Lipinski definition) is 2. The summed E-state index contributed by atoms with van der Waals surface area (Å²) in [6.45, 7) is 17.2. The Morgan fingerprint density at radius 1 is 1.00 bits per heavy atom. The maximum absolute atomic E-state index is 3.95. The highest BCUT2D eigenvalue weighted by Crippen LogP contribution is 2.66. The third-order valence-electron chi connectivity index (χ3n) is 7.20. The predicted octanol–water partition coefficient (Wildman–Crippen LogP) is 3.66. The first-order chi connectivity index (χ1) is 9.21. The first-order valence-electron chi connectivity index (χ1n) is 8.72. The monoisotopic (exact) mass is 278 g/mol. The Balaban J connectivity index is 1.84. The molecule has 3 rings (SSSR count). The largest absolute Gasteiger partial charge is 0.308 e. The lowest BCUT2D eigenvalue weighted by atomic mass is 9.88. The van der Waals surface area contributed by atoms with Crippen molar-refractivity contribution in [2.24, 2.45) is 16.7 Å². The minimum Gasteiger partial charge on any atom is -0.308 e. The molecule has 0 aromatic carbocycles. The summed E-state index contributed by atoms with van der Waals surface area (Å²) < 4.78 is 0. The van der Waals surface area contributed by atoms with Gasteiger partial charge in [-0.15, -0.1) is 0 Å². The molecule has 0 bridgehead atoms. The first-order valence-corrected chi connectivity index (χ1v) is 8.72. The van der Waals surface area contributed by atoms with Crippen molar-refractivity contribution in [2.75, 3.05) is 13.1 Å². The molecule has 3 aliphatic rings. The van der Waals surface area contributed by atoms with Gasteiger partial charge in [0.15, 0.2) is 0 Å². The van der Waals surface area contributed by atoms with E-state index in [-0.39, 0.29) is 0 Å². The van der Waals surface area contributed by atoms with Crippen LogP contribution in [-0.4, -0.2) is 35.6 Å². The topological polar surface area (TPSA) is 15.3 Å². The van der Waals surface area contributed by atoms with Crippen molar-refractivity contribution in [1.29, 1.82) is 0 Å². The molecule has 2 saturated carbocycles. The molecule has 1 unspecified atom stereocenters. The molecule has 2 aliphatic carbocycles. The van der Waals surface area contributed by atoms with Crippen LogP contribution < -0.4 is 5.32 Å². The smallest absolute Gasteiger partial charge is 0.0309 e. The summed E-state index contributed by atoms with van der Waals surface area (Å²) >= 11 is 0. The van der Waals surface area contributed by atoms with Crippen molar-refractivity contribution < 1.29 is 0 Å². The number of nitrogens with one attached hydrogen (secondary N) is 1. The number of piperazine rings is 1. The molecule has 0 radical (unpaired) electrons. The summed E-state index contributed by atoms with van der Waals surface area (Å²) in [5.74, 6) is 0.744. The summed E-state index contributed by atoms with van der Waals surface area (Å²) in [5.41, 5.74) is 1.38. The second kappa shape index (κ2) is 4.46. The van der Waals surface area contributed by atoms with E-state index in [1.165, 1.54) is 38.8 Å². The van der Waals surface area contributed by atoms with Gasteiger partial charge in [0.25, 0.3) is 0 Å². The van der Waals surface area contributed by atoms with Gasteiger partial charge in [0.1, 0.15) is 0 Å². The molecular formula is C18H34N2. The van der Waals surface area contributed by atoms with Gasteiger partial charge in [-0.25, -0.2) is 0 Å². The van der Waals surface area contributed by atoms with Crippen LogP contribution in [0.1, 0.15) is 67.2 Å². The van der Waals surface area contributed by atoms with Crippen molar-refractivity contribution in [2.45, 2.75) is 84.8 Å². The van der Waals surface area contributed by atoms with E-state index in [9.17, 15) is 0 Å². The van der Waals surface area contributed by atoms with Crippen LogP contribution in [0.25, 0.3) is 0 Å². The normalized spacial score (nSPS) is 35.9. The second-order valence-electron chi connectivity index (χ2n) is 9.20. The van der Waals surface area contributed by atoms with E-state index >= 15 is 0 Å². The lowest BCUT2D eigenvalue weighted by Gasteiger charge is -2.49. The van der Waals surface area contributed by atoms with Gasteiger partial charge in [-0.1, -0.05) is 54.4 Å². The van der Waals surface area contributed by atoms with Gasteiger partial charge in [0.2, 0.25) is 0 Å². The summed E-state index contributed by atoms with van der Waals surface area (Å²) in [4.78, 5) is 2.91. The van der Waals surface area contributed by atoms with Crippen LogP contribution in [0.2, 0.25) is 0 Å². The first kappa shape index (κ1) is 14.8. The average molecular weight is 278 g/mol. The fourth-order valence-electron chi connectivity index (χ4n) is 5.24. The van der Waals surface area contributed by atoms with E-state index in [0.717, 1.165) is 12.0 Å². The highest BCUT2D eigenvalue weighted by molar-refractivity contribution is 5.21. The van der Waals surface area contributed by atoms with Gasteiger partial charge in [-0.3, -0.25) is 4.90 Å². The molecule has 1 spiro atoms. The minimum atomic E-state index is 0.445. The molecule has 2 nitrogen and oxygen atoms in total. The molecular weight excluding hydrogens is 244 g/mol. The van der Waals surface area contributed by atoms with Crippen LogP contribution in [-0.2, 0) is 0 Å². The van der Waals surface area contributed by atoms with Crippen LogP contribution in [0.15, 0.2) is 0 Å². The van der Waals surface area contributed by atoms with Gasteiger partial charge in [-0.2, -0.15) is 0 Å². The van der Waals surface area contributed by atoms with Crippen molar-refractivity contribution in [1.82, 2.24) is 10.2 Å². The summed E-state index contributed by atoms with van der Waals surface area (Å²) in [7, 11) is 0. The summed E-state index contributed by atoms with van der Waals surface area (Å²) in [6.07, 6.45) is 5.62. The Bertz CT molecular complexity index is 363. The Hall–Kier alpha value is -0.0800. The lowest BCUT2D eigenvalue weighted by Crippen LogP contribution is -2.65. The van der Waals surface area contributed by atoms with Crippen molar-refractivity contribution in [3.63, 3.8) is 0 Å². The predicted molar refractivity (Wildman–Crippen MR) is 85.9 cm³/mol. The molecule has 2 heteroatoms. The van der Waals surface area contributed by atoms with Gasteiger partial charge in [-0.05, 0) is 29.6 Å². The molecule has 1 heterocycles. The average Bonchev–Trinajstić information content (AvgIpc) is 2.66. The van der Waals surface area contributed by atoms with E-state index in [1.54, 1.807) is 0 Å². The second-order valence-corrected chi connectivity index (χ2v) is 9.20. The van der Waals surface area contributed by atoms with Crippen LogP contribution in [0.3, 0.4) is 0 Å². The van der Waals surface area contributed by atoms with E-state index < -0.39 is 0 Å². The number of hydrogen-bond donors (Lipinski definition) is 1. The standard InChI is InChI=1S/C18H34N2/c1-13(2)14-11-19-18(9-7-8-10-18)12-20(14)15-16(3,4)17(15,5)6/h13-15,19H,7-12H2,1-6H3. The van der Waals surface area contributed by atoms with E-state index in [2.05, 4.69) is 51.8 Å². The lowest BCUT2D eigenvalue weighted by molar-refractivity contribution is 0.0361. The van der Waals surface area contributed by atoms with Crippen molar-refractivity contribution >= 4 is 0 Å². The van der Waals surface area contributed by atoms with Gasteiger partial charge in [0, 0.05) is 30.7 Å². The molecule has 1 N–H and O–H groups in total. The van der Waals surface area contributed by atoms with Gasteiger partial charge < -0.3 is 5.32 Å². The molecule has 116 valence electrons. The SMILES string of the molecule is CC(C)C1CNC2(CCCC2)CN1C1C(C)(C)C1(C)C. The Kier molecular flexibility index (Phi) is 3.31. The number of rotatable bonds is 2. The Morgan fingerprint density at radius 2 is 1.55 bits per heavy atom. The third-order valence-corrected chi connectivity index (χ3v) is 7.20. The zero-order valence-corrected chi connectivity index (χ0v) is 14.4. The highest BCUT2D eigenvalue weighted by atomic mass is 15.3. The minimum absolute atomic E-state index is 0.445.